The number of anilines is 1. The summed E-state index contributed by atoms with van der Waals surface area (Å²) in [4.78, 5) is 26.8. The van der Waals surface area contributed by atoms with Crippen LogP contribution >= 0.6 is 0 Å². The summed E-state index contributed by atoms with van der Waals surface area (Å²) in [5.74, 6) is 0.721. The Hall–Kier alpha value is -3.36. The van der Waals surface area contributed by atoms with E-state index >= 15 is 0 Å². The van der Waals surface area contributed by atoms with E-state index < -0.39 is 0 Å². The zero-order chi connectivity index (χ0) is 20.1. The van der Waals surface area contributed by atoms with Crippen molar-refractivity contribution < 1.29 is 13.7 Å². The highest BCUT2D eigenvalue weighted by molar-refractivity contribution is 5.76. The van der Waals surface area contributed by atoms with E-state index in [2.05, 4.69) is 30.3 Å². The summed E-state index contributed by atoms with van der Waals surface area (Å²) in [6.45, 7) is 1.51. The van der Waals surface area contributed by atoms with Crippen LogP contribution in [0.4, 0.5) is 10.1 Å². The summed E-state index contributed by atoms with van der Waals surface area (Å²) in [7, 11) is 0. The predicted octanol–water partition coefficient (Wildman–Crippen LogP) is 2.38. The number of aromatic nitrogens is 4. The van der Waals surface area contributed by atoms with E-state index in [1.54, 1.807) is 24.5 Å². The molecule has 1 N–H and O–H groups in total. The van der Waals surface area contributed by atoms with Gasteiger partial charge in [-0.25, -0.2) is 14.4 Å². The zero-order valence-corrected chi connectivity index (χ0v) is 15.8. The van der Waals surface area contributed by atoms with Crippen molar-refractivity contribution in [1.29, 1.82) is 0 Å². The molecule has 150 valence electrons. The van der Waals surface area contributed by atoms with Gasteiger partial charge in [-0.2, -0.15) is 4.98 Å². The van der Waals surface area contributed by atoms with E-state index in [9.17, 15) is 9.18 Å². The molecule has 0 aliphatic carbocycles. The SMILES string of the molecule is O=C(CCc1nc(-c2ncccn2)no1)N[C@H]1CCCN(c2cccc(F)c2)C1. The highest BCUT2D eigenvalue weighted by Crippen LogP contribution is 2.21. The molecule has 3 aromatic rings. The Morgan fingerprint density at radius 3 is 2.93 bits per heavy atom. The molecule has 0 bridgehead atoms. The van der Waals surface area contributed by atoms with Crippen molar-refractivity contribution in [3.05, 3.63) is 54.4 Å². The van der Waals surface area contributed by atoms with Gasteiger partial charge in [-0.15, -0.1) is 0 Å². The quantitative estimate of drug-likeness (QED) is 0.683. The molecule has 1 amide bonds. The fourth-order valence-electron chi connectivity index (χ4n) is 3.38. The van der Waals surface area contributed by atoms with Gasteiger partial charge in [-0.3, -0.25) is 4.79 Å². The van der Waals surface area contributed by atoms with Crippen molar-refractivity contribution in [2.24, 2.45) is 0 Å². The Morgan fingerprint density at radius 1 is 1.24 bits per heavy atom. The molecule has 1 aliphatic heterocycles. The minimum absolute atomic E-state index is 0.0236. The first-order valence-corrected chi connectivity index (χ1v) is 9.57. The molecule has 0 spiro atoms. The molecule has 1 fully saturated rings. The summed E-state index contributed by atoms with van der Waals surface area (Å²) in [6.07, 6.45) is 5.62. The number of carbonyl (C=O) groups excluding carboxylic acids is 1. The summed E-state index contributed by atoms with van der Waals surface area (Å²) in [6, 6.07) is 8.27. The van der Waals surface area contributed by atoms with Crippen molar-refractivity contribution in [2.75, 3.05) is 18.0 Å². The first-order valence-electron chi connectivity index (χ1n) is 9.57. The molecular formula is C20H21FN6O2. The molecule has 0 saturated carbocycles. The highest BCUT2D eigenvalue weighted by Gasteiger charge is 2.22. The third-order valence-corrected chi connectivity index (χ3v) is 4.76. The third kappa shape index (κ3) is 4.92. The average Bonchev–Trinajstić information content (AvgIpc) is 3.22. The van der Waals surface area contributed by atoms with E-state index in [1.165, 1.54) is 12.1 Å². The lowest BCUT2D eigenvalue weighted by molar-refractivity contribution is -0.121. The lowest BCUT2D eigenvalue weighted by Gasteiger charge is -2.34. The summed E-state index contributed by atoms with van der Waals surface area (Å²) < 4.78 is 18.7. The van der Waals surface area contributed by atoms with Crippen molar-refractivity contribution in [2.45, 2.75) is 31.7 Å². The Kier molecular flexibility index (Phi) is 5.73. The molecule has 3 heterocycles. The number of benzene rings is 1. The minimum Gasteiger partial charge on any atom is -0.369 e. The van der Waals surface area contributed by atoms with E-state index in [0.29, 0.717) is 30.5 Å². The lowest BCUT2D eigenvalue weighted by Crippen LogP contribution is -2.47. The standard InChI is InChI=1S/C20H21FN6O2/c21-14-4-1-6-16(12-14)27-11-2-5-15(13-27)24-17(28)7-8-18-25-20(26-29-18)19-22-9-3-10-23-19/h1,3-4,6,9-10,12,15H,2,5,7-8,11,13H2,(H,24,28)/t15-/m0/s1. The van der Waals surface area contributed by atoms with Gasteiger partial charge in [0.25, 0.3) is 0 Å². The normalized spacial score (nSPS) is 16.6. The Morgan fingerprint density at radius 2 is 2.10 bits per heavy atom. The van der Waals surface area contributed by atoms with Crippen molar-refractivity contribution >= 4 is 11.6 Å². The van der Waals surface area contributed by atoms with Crippen LogP contribution in [0.15, 0.2) is 47.2 Å². The van der Waals surface area contributed by atoms with Crippen LogP contribution in [0.25, 0.3) is 11.6 Å². The van der Waals surface area contributed by atoms with E-state index in [0.717, 1.165) is 25.1 Å². The third-order valence-electron chi connectivity index (χ3n) is 4.76. The van der Waals surface area contributed by atoms with Gasteiger partial charge in [-0.05, 0) is 37.1 Å². The second kappa shape index (κ2) is 8.76. The molecule has 8 nitrogen and oxygen atoms in total. The van der Waals surface area contributed by atoms with Crippen molar-refractivity contribution in [1.82, 2.24) is 25.4 Å². The first-order chi connectivity index (χ1) is 14.2. The highest BCUT2D eigenvalue weighted by atomic mass is 19.1. The number of nitrogens with one attached hydrogen (secondary N) is 1. The lowest BCUT2D eigenvalue weighted by atomic mass is 10.0. The van der Waals surface area contributed by atoms with Gasteiger partial charge in [0.05, 0.1) is 0 Å². The predicted molar refractivity (Wildman–Crippen MR) is 103 cm³/mol. The zero-order valence-electron chi connectivity index (χ0n) is 15.8. The molecular weight excluding hydrogens is 375 g/mol. The molecule has 9 heteroatoms. The van der Waals surface area contributed by atoms with Crippen LogP contribution < -0.4 is 10.2 Å². The van der Waals surface area contributed by atoms with E-state index in [1.807, 2.05) is 6.07 Å². The number of piperidine rings is 1. The van der Waals surface area contributed by atoms with E-state index in [-0.39, 0.29) is 24.2 Å². The Bertz CT molecular complexity index is 964. The molecule has 0 unspecified atom stereocenters. The van der Waals surface area contributed by atoms with Crippen molar-refractivity contribution in [3.63, 3.8) is 0 Å². The number of hydrogen-bond acceptors (Lipinski definition) is 7. The number of aryl methyl sites for hydroxylation is 1. The molecule has 1 saturated heterocycles. The summed E-state index contributed by atoms with van der Waals surface area (Å²) >= 11 is 0. The Balaban J connectivity index is 1.28. The molecule has 1 atom stereocenters. The number of carbonyl (C=O) groups is 1. The van der Waals surface area contributed by atoms with Crippen LogP contribution in [0.1, 0.15) is 25.2 Å². The number of halogens is 1. The minimum atomic E-state index is -0.256. The van der Waals surface area contributed by atoms with Gasteiger partial charge in [0.1, 0.15) is 5.82 Å². The average molecular weight is 396 g/mol. The number of amides is 1. The molecule has 29 heavy (non-hydrogen) atoms. The fourth-order valence-corrected chi connectivity index (χ4v) is 3.38. The van der Waals surface area contributed by atoms with Gasteiger partial charge in [-0.1, -0.05) is 11.2 Å². The number of rotatable bonds is 6. The Labute approximate surface area is 167 Å². The van der Waals surface area contributed by atoms with Crippen LogP contribution in [0.2, 0.25) is 0 Å². The number of nitrogens with zero attached hydrogens (tertiary/aromatic N) is 5. The maximum absolute atomic E-state index is 13.5. The van der Waals surface area contributed by atoms with Gasteiger partial charge < -0.3 is 14.7 Å². The second-order valence-electron chi connectivity index (χ2n) is 6.92. The monoisotopic (exact) mass is 396 g/mol. The van der Waals surface area contributed by atoms with Crippen LogP contribution in [0, 0.1) is 5.82 Å². The van der Waals surface area contributed by atoms with Gasteiger partial charge in [0.2, 0.25) is 23.4 Å². The van der Waals surface area contributed by atoms with Crippen LogP contribution in [-0.4, -0.2) is 45.1 Å². The molecule has 0 radical (unpaired) electrons. The fraction of sp³-hybridized carbons (Fsp3) is 0.350. The maximum atomic E-state index is 13.5. The molecule has 1 aromatic carbocycles. The number of hydrogen-bond donors (Lipinski definition) is 1. The topological polar surface area (TPSA) is 97.0 Å². The van der Waals surface area contributed by atoms with Crippen LogP contribution in [-0.2, 0) is 11.2 Å². The van der Waals surface area contributed by atoms with Gasteiger partial charge in [0.15, 0.2) is 0 Å². The smallest absolute Gasteiger partial charge is 0.240 e. The maximum Gasteiger partial charge on any atom is 0.240 e. The molecule has 1 aliphatic rings. The summed E-state index contributed by atoms with van der Waals surface area (Å²) in [5.41, 5.74) is 0.838. The van der Waals surface area contributed by atoms with Crippen LogP contribution in [0.3, 0.4) is 0 Å². The first kappa shape index (κ1) is 19.0. The second-order valence-corrected chi connectivity index (χ2v) is 6.92. The van der Waals surface area contributed by atoms with Gasteiger partial charge in [0, 0.05) is 50.1 Å². The van der Waals surface area contributed by atoms with Gasteiger partial charge >= 0.3 is 0 Å². The molecule has 2 aromatic heterocycles. The van der Waals surface area contributed by atoms with Crippen LogP contribution in [0.5, 0.6) is 0 Å². The largest absolute Gasteiger partial charge is 0.369 e. The summed E-state index contributed by atoms with van der Waals surface area (Å²) in [5, 5.41) is 6.90. The molecule has 4 rings (SSSR count). The van der Waals surface area contributed by atoms with E-state index in [4.69, 9.17) is 4.52 Å². The van der Waals surface area contributed by atoms with Crippen molar-refractivity contribution in [3.8, 4) is 11.6 Å².